The molecule has 5 heterocycles. The Bertz CT molecular complexity index is 2240. The van der Waals surface area contributed by atoms with Crippen LogP contribution in [0.15, 0.2) is 66.9 Å². The minimum atomic E-state index is -1.02. The van der Waals surface area contributed by atoms with Gasteiger partial charge in [-0.3, -0.25) is 14.5 Å². The molecule has 9 rings (SSSR count). The third-order valence-electron chi connectivity index (χ3n) is 15.1. The molecule has 5 fully saturated rings. The fourth-order valence-corrected chi connectivity index (χ4v) is 12.0. The Kier molecular flexibility index (Phi) is 12.1. The van der Waals surface area contributed by atoms with Gasteiger partial charge in [0.25, 0.3) is 0 Å². The van der Waals surface area contributed by atoms with Crippen LogP contribution in [0.1, 0.15) is 83.9 Å². The average Bonchev–Trinajstić information content (AvgIpc) is 3.73. The quantitative estimate of drug-likeness (QED) is 0.121. The molecule has 2 amide bonds. The minimum absolute atomic E-state index is 0.0242. The van der Waals surface area contributed by atoms with E-state index >= 15 is 0 Å². The smallest absolute Gasteiger partial charge is 0.244 e. The van der Waals surface area contributed by atoms with Crippen LogP contribution in [0.4, 0.5) is 5.69 Å². The van der Waals surface area contributed by atoms with Crippen molar-refractivity contribution in [1.82, 2.24) is 31.3 Å². The van der Waals surface area contributed by atoms with Crippen molar-refractivity contribution in [1.29, 1.82) is 0 Å². The van der Waals surface area contributed by atoms with Crippen molar-refractivity contribution in [2.75, 3.05) is 44.7 Å². The van der Waals surface area contributed by atoms with Crippen molar-refractivity contribution >= 4 is 34.7 Å². The fraction of sp³-hybridized carbons (Fsp3) is 0.560. The predicted molar refractivity (Wildman–Crippen MR) is 251 cm³/mol. The normalized spacial score (nSPS) is 28.1. The maximum atomic E-state index is 13.6. The highest BCUT2D eigenvalue weighted by atomic mass is 35.5. The van der Waals surface area contributed by atoms with Gasteiger partial charge in [0.15, 0.2) is 0 Å². The summed E-state index contributed by atoms with van der Waals surface area (Å²) in [5.74, 6) is 3.67. The Hall–Kier alpha value is -4.21. The molecule has 5 aliphatic heterocycles. The number of nitrogens with two attached hydrogens (primary N) is 1. The second kappa shape index (κ2) is 17.2. The second-order valence-corrected chi connectivity index (χ2v) is 21.4. The van der Waals surface area contributed by atoms with Gasteiger partial charge in [0.05, 0.1) is 17.8 Å². The summed E-state index contributed by atoms with van der Waals surface area (Å²) in [5.41, 5.74) is 15.9. The van der Waals surface area contributed by atoms with Gasteiger partial charge in [-0.1, -0.05) is 51.4 Å². The maximum Gasteiger partial charge on any atom is 0.244 e. The van der Waals surface area contributed by atoms with Gasteiger partial charge in [-0.25, -0.2) is 10.9 Å². The number of likely N-dealkylation sites (tertiary alicyclic amines) is 1. The van der Waals surface area contributed by atoms with E-state index in [4.69, 9.17) is 26.8 Å². The van der Waals surface area contributed by atoms with Gasteiger partial charge in [-0.2, -0.15) is 0 Å². The number of halogens is 1. The second-order valence-electron chi connectivity index (χ2n) is 21.0. The number of aliphatic hydroxyl groups is 1. The SMILES string of the molecule is CN1C=C(c2cc(C(C)(C)O)ccc2Oc2ccc(N3CC(CC4CN(C5CCC(C(=O)NC6C(C)(C)C(Oc7ccc(CN)c(Cl)c7)C6(C)C)NN5)C4)C3)cc2)C2CCNC2C1=O. The summed E-state index contributed by atoms with van der Waals surface area (Å²) in [4.78, 5) is 33.1. The molecule has 6 aliphatic rings. The fourth-order valence-electron chi connectivity index (χ4n) is 11.7. The van der Waals surface area contributed by atoms with Crippen molar-refractivity contribution in [2.24, 2.45) is 34.3 Å². The van der Waals surface area contributed by atoms with E-state index < -0.39 is 5.60 Å². The van der Waals surface area contributed by atoms with E-state index in [0.29, 0.717) is 34.9 Å². The van der Waals surface area contributed by atoms with Crippen LogP contribution < -0.4 is 41.6 Å². The number of amides is 2. The summed E-state index contributed by atoms with van der Waals surface area (Å²) in [6.07, 6.45) is 5.84. The number of carbonyl (C=O) groups excluding carboxylic acids is 2. The number of anilines is 1. The number of hydrazine groups is 1. The Morgan fingerprint density at radius 2 is 1.64 bits per heavy atom. The lowest BCUT2D eigenvalue weighted by Crippen LogP contribution is -2.76. The summed E-state index contributed by atoms with van der Waals surface area (Å²) in [5, 5.41) is 18.2. The van der Waals surface area contributed by atoms with Crippen molar-refractivity contribution in [2.45, 2.75) is 110 Å². The molecule has 4 saturated heterocycles. The van der Waals surface area contributed by atoms with Crippen LogP contribution >= 0.6 is 11.6 Å². The van der Waals surface area contributed by atoms with Crippen LogP contribution in [0.5, 0.6) is 17.2 Å². The summed E-state index contributed by atoms with van der Waals surface area (Å²) in [6.45, 7) is 17.6. The molecule has 4 unspecified atom stereocenters. The van der Waals surface area contributed by atoms with Crippen LogP contribution in [0.2, 0.25) is 5.02 Å². The molecule has 64 heavy (non-hydrogen) atoms. The molecular formula is C50H67ClN8O5. The lowest BCUT2D eigenvalue weighted by Gasteiger charge is -2.63. The molecule has 14 heteroatoms. The highest BCUT2D eigenvalue weighted by Crippen LogP contribution is 2.56. The number of nitrogens with one attached hydrogen (secondary N) is 4. The van der Waals surface area contributed by atoms with E-state index in [1.165, 1.54) is 12.1 Å². The van der Waals surface area contributed by atoms with Crippen molar-refractivity contribution in [3.8, 4) is 17.2 Å². The number of benzene rings is 3. The van der Waals surface area contributed by atoms with Gasteiger partial charge in [0, 0.05) is 85.0 Å². The largest absolute Gasteiger partial charge is 0.489 e. The number of ether oxygens (including phenoxy) is 2. The Morgan fingerprint density at radius 3 is 2.30 bits per heavy atom. The first-order valence-electron chi connectivity index (χ1n) is 23.2. The van der Waals surface area contributed by atoms with Crippen molar-refractivity contribution < 1.29 is 24.2 Å². The van der Waals surface area contributed by atoms with E-state index in [0.717, 1.165) is 80.0 Å². The monoisotopic (exact) mass is 894 g/mol. The predicted octanol–water partition coefficient (Wildman–Crippen LogP) is 5.95. The van der Waals surface area contributed by atoms with E-state index in [9.17, 15) is 14.7 Å². The minimum Gasteiger partial charge on any atom is -0.489 e. The Morgan fingerprint density at radius 1 is 0.938 bits per heavy atom. The van der Waals surface area contributed by atoms with Gasteiger partial charge in [0.1, 0.15) is 29.4 Å². The van der Waals surface area contributed by atoms with E-state index in [2.05, 4.69) is 71.1 Å². The third-order valence-corrected chi connectivity index (χ3v) is 15.5. The standard InChI is InChI=1S/C50H67ClN8O5/c1-48(2)46(49(3,4)47(48)64-35-12-8-31(23-52)39(51)22-35)54-44(60)40-15-17-42(56-55-40)59-26-30(27-59)20-29-24-58(25-29)33-10-13-34(14-11-33)63-41-16-9-32(50(5,6)62)21-37(41)38-28-57(7)45(61)43-36(38)18-19-53-43/h8-14,16,21-22,28-30,36,40,42-43,46-47,53,55-56,62H,15,17-20,23-27,52H2,1-7H3,(H,54,60). The molecule has 3 aromatic carbocycles. The van der Waals surface area contributed by atoms with Gasteiger partial charge >= 0.3 is 0 Å². The van der Waals surface area contributed by atoms with Crippen LogP contribution in [-0.4, -0.2) is 96.9 Å². The third kappa shape index (κ3) is 8.53. The van der Waals surface area contributed by atoms with Crippen LogP contribution in [0, 0.1) is 28.6 Å². The molecular weight excluding hydrogens is 828 g/mol. The Balaban J connectivity index is 0.714. The van der Waals surface area contributed by atoms with Crippen molar-refractivity contribution in [3.05, 3.63) is 88.6 Å². The highest BCUT2D eigenvalue weighted by molar-refractivity contribution is 6.31. The van der Waals surface area contributed by atoms with E-state index in [1.807, 2.05) is 54.7 Å². The van der Waals surface area contributed by atoms with Gasteiger partial charge in [0.2, 0.25) is 11.8 Å². The lowest BCUT2D eigenvalue weighted by molar-refractivity contribution is -0.174. The zero-order chi connectivity index (χ0) is 45.3. The number of nitrogens with zero attached hydrogens (tertiary/aromatic N) is 3. The van der Waals surface area contributed by atoms with Crippen LogP contribution in [-0.2, 0) is 21.7 Å². The number of fused-ring (bicyclic) bond motifs is 1. The van der Waals surface area contributed by atoms with Crippen LogP contribution in [0.25, 0.3) is 5.57 Å². The highest BCUT2D eigenvalue weighted by Gasteiger charge is 2.64. The lowest BCUT2D eigenvalue weighted by atomic mass is 9.49. The first-order chi connectivity index (χ1) is 30.4. The molecule has 3 aromatic rings. The molecule has 0 aromatic heterocycles. The number of carbonyl (C=O) groups is 2. The zero-order valence-corrected chi connectivity index (χ0v) is 39.2. The number of likely N-dealkylation sites (N-methyl/N-ethyl adjacent to an activating group) is 1. The molecule has 0 bridgehead atoms. The van der Waals surface area contributed by atoms with E-state index in [1.54, 1.807) is 25.8 Å². The summed E-state index contributed by atoms with van der Waals surface area (Å²) < 4.78 is 13.0. The number of hydrogen-bond acceptors (Lipinski definition) is 11. The first-order valence-corrected chi connectivity index (χ1v) is 23.6. The summed E-state index contributed by atoms with van der Waals surface area (Å²) in [6, 6.07) is 19.3. The molecule has 4 atom stereocenters. The first kappa shape index (κ1) is 45.0. The van der Waals surface area contributed by atoms with Crippen molar-refractivity contribution in [3.63, 3.8) is 0 Å². The molecule has 13 nitrogen and oxygen atoms in total. The Labute approximate surface area is 383 Å². The molecule has 0 radical (unpaired) electrons. The van der Waals surface area contributed by atoms with Crippen LogP contribution in [0.3, 0.4) is 0 Å². The molecule has 1 aliphatic carbocycles. The topological polar surface area (TPSA) is 157 Å². The summed E-state index contributed by atoms with van der Waals surface area (Å²) >= 11 is 6.41. The number of rotatable bonds is 13. The zero-order valence-electron chi connectivity index (χ0n) is 38.4. The molecule has 1 saturated carbocycles. The number of hydrogen-bond donors (Lipinski definition) is 6. The average molecular weight is 896 g/mol. The maximum absolute atomic E-state index is 13.6. The van der Waals surface area contributed by atoms with Gasteiger partial charge in [-0.15, -0.1) is 0 Å². The molecule has 7 N–H and O–H groups in total. The molecule has 0 spiro atoms. The van der Waals surface area contributed by atoms with Gasteiger partial charge in [-0.05, 0) is 123 Å². The van der Waals surface area contributed by atoms with E-state index in [-0.39, 0.29) is 59.0 Å². The van der Waals surface area contributed by atoms with Gasteiger partial charge < -0.3 is 40.7 Å². The summed E-state index contributed by atoms with van der Waals surface area (Å²) in [7, 11) is 1.80. The molecule has 344 valence electrons.